The van der Waals surface area contributed by atoms with Crippen molar-refractivity contribution in [2.45, 2.75) is 23.5 Å². The second-order valence-electron chi connectivity index (χ2n) is 3.87. The minimum Gasteiger partial charge on any atom is -0.469 e. The van der Waals surface area contributed by atoms with Gasteiger partial charge in [-0.3, -0.25) is 25.0 Å². The lowest BCUT2D eigenvalue weighted by atomic mass is 10.3. The van der Waals surface area contributed by atoms with E-state index in [1.54, 1.807) is 6.92 Å². The van der Waals surface area contributed by atoms with E-state index >= 15 is 0 Å². The Balaban J connectivity index is 2.97. The average Bonchev–Trinajstić information content (AvgIpc) is 2.38. The fourth-order valence-corrected chi connectivity index (χ4v) is 2.49. The van der Waals surface area contributed by atoms with Gasteiger partial charge in [0.15, 0.2) is 0 Å². The number of nitro groups is 2. The van der Waals surface area contributed by atoms with Gasteiger partial charge in [-0.1, -0.05) is 6.92 Å². The van der Waals surface area contributed by atoms with Crippen LogP contribution >= 0.6 is 11.8 Å². The molecule has 0 N–H and O–H groups in total. The summed E-state index contributed by atoms with van der Waals surface area (Å²) in [6.07, 6.45) is 0.0926. The van der Waals surface area contributed by atoms with Crippen LogP contribution < -0.4 is 0 Å². The second kappa shape index (κ2) is 6.85. The third-order valence-corrected chi connectivity index (χ3v) is 3.53. The minimum absolute atomic E-state index is 0.0926. The van der Waals surface area contributed by atoms with Gasteiger partial charge in [0.05, 0.1) is 34.3 Å². The van der Waals surface area contributed by atoms with Crippen LogP contribution in [0.25, 0.3) is 0 Å². The Hall–Kier alpha value is -2.16. The summed E-state index contributed by atoms with van der Waals surface area (Å²) in [4.78, 5) is 31.6. The van der Waals surface area contributed by atoms with Crippen molar-refractivity contribution in [1.29, 1.82) is 0 Å². The van der Waals surface area contributed by atoms with Gasteiger partial charge in [-0.25, -0.2) is 0 Å². The Morgan fingerprint density at radius 1 is 1.35 bits per heavy atom. The molecule has 0 saturated carbocycles. The summed E-state index contributed by atoms with van der Waals surface area (Å²) in [7, 11) is 1.26. The number of ether oxygens (including phenoxy) is 1. The van der Waals surface area contributed by atoms with E-state index in [2.05, 4.69) is 4.74 Å². The van der Waals surface area contributed by atoms with Crippen LogP contribution in [0.15, 0.2) is 23.1 Å². The minimum atomic E-state index is -0.695. The van der Waals surface area contributed by atoms with Crippen LogP contribution in [0.1, 0.15) is 13.3 Å². The van der Waals surface area contributed by atoms with Gasteiger partial charge in [0.25, 0.3) is 11.4 Å². The second-order valence-corrected chi connectivity index (χ2v) is 5.36. The van der Waals surface area contributed by atoms with Gasteiger partial charge in [-0.15, -0.1) is 11.8 Å². The summed E-state index contributed by atoms with van der Waals surface area (Å²) < 4.78 is 4.51. The highest BCUT2D eigenvalue weighted by Gasteiger charge is 2.22. The van der Waals surface area contributed by atoms with Gasteiger partial charge in [0, 0.05) is 11.3 Å². The zero-order chi connectivity index (χ0) is 15.3. The van der Waals surface area contributed by atoms with E-state index < -0.39 is 15.8 Å². The molecule has 0 spiro atoms. The Bertz CT molecular complexity index is 548. The number of carbonyl (C=O) groups is 1. The Morgan fingerprint density at radius 3 is 2.50 bits per heavy atom. The van der Waals surface area contributed by atoms with Crippen molar-refractivity contribution < 1.29 is 19.4 Å². The number of methoxy groups -OCH3 is 1. The van der Waals surface area contributed by atoms with E-state index in [0.29, 0.717) is 0 Å². The molecule has 108 valence electrons. The topological polar surface area (TPSA) is 113 Å². The van der Waals surface area contributed by atoms with Crippen molar-refractivity contribution in [3.63, 3.8) is 0 Å². The molecule has 1 unspecified atom stereocenters. The van der Waals surface area contributed by atoms with Gasteiger partial charge in [0.1, 0.15) is 0 Å². The van der Waals surface area contributed by atoms with Crippen LogP contribution in [0.5, 0.6) is 0 Å². The van der Waals surface area contributed by atoms with Gasteiger partial charge in [-0.05, 0) is 6.07 Å². The molecule has 0 heterocycles. The Morgan fingerprint density at radius 2 is 2.00 bits per heavy atom. The maximum atomic E-state index is 11.1. The van der Waals surface area contributed by atoms with E-state index in [4.69, 9.17) is 0 Å². The number of benzene rings is 1. The summed E-state index contributed by atoms with van der Waals surface area (Å²) >= 11 is 1.10. The number of hydrogen-bond acceptors (Lipinski definition) is 7. The maximum Gasteiger partial charge on any atom is 0.306 e. The first kappa shape index (κ1) is 15.9. The van der Waals surface area contributed by atoms with Crippen LogP contribution in [0.3, 0.4) is 0 Å². The van der Waals surface area contributed by atoms with Gasteiger partial charge < -0.3 is 4.74 Å². The van der Waals surface area contributed by atoms with Crippen LogP contribution in [0.4, 0.5) is 11.4 Å². The van der Waals surface area contributed by atoms with Crippen molar-refractivity contribution in [1.82, 2.24) is 0 Å². The molecule has 1 aromatic carbocycles. The van der Waals surface area contributed by atoms with Gasteiger partial charge >= 0.3 is 5.97 Å². The van der Waals surface area contributed by atoms with E-state index in [-0.39, 0.29) is 27.9 Å². The highest BCUT2D eigenvalue weighted by Crippen LogP contribution is 2.35. The zero-order valence-corrected chi connectivity index (χ0v) is 11.6. The quantitative estimate of drug-likeness (QED) is 0.343. The Kier molecular flexibility index (Phi) is 5.44. The monoisotopic (exact) mass is 300 g/mol. The average molecular weight is 300 g/mol. The fourth-order valence-electron chi connectivity index (χ4n) is 1.44. The first-order valence-electron chi connectivity index (χ1n) is 5.51. The molecule has 0 bridgehead atoms. The maximum absolute atomic E-state index is 11.1. The fraction of sp³-hybridized carbons (Fsp3) is 0.364. The predicted molar refractivity (Wildman–Crippen MR) is 71.7 cm³/mol. The molecule has 1 aromatic rings. The number of nitro benzene ring substituents is 2. The molecule has 0 amide bonds. The normalized spacial score (nSPS) is 11.7. The van der Waals surface area contributed by atoms with E-state index in [1.807, 2.05) is 0 Å². The molecule has 1 atom stereocenters. The number of non-ortho nitro benzene ring substituents is 1. The van der Waals surface area contributed by atoms with Crippen molar-refractivity contribution >= 4 is 29.1 Å². The first-order chi connectivity index (χ1) is 9.35. The molecule has 9 heteroatoms. The molecular weight excluding hydrogens is 288 g/mol. The van der Waals surface area contributed by atoms with E-state index in [0.717, 1.165) is 17.8 Å². The molecule has 0 fully saturated rings. The van der Waals surface area contributed by atoms with E-state index in [9.17, 15) is 25.0 Å². The lowest BCUT2D eigenvalue weighted by Crippen LogP contribution is -2.08. The number of hydrogen-bond donors (Lipinski definition) is 0. The van der Waals surface area contributed by atoms with Crippen LogP contribution in [0.2, 0.25) is 0 Å². The molecule has 1 rings (SSSR count). The third-order valence-electron chi connectivity index (χ3n) is 2.36. The van der Waals surface area contributed by atoms with Crippen molar-refractivity contribution in [3.05, 3.63) is 38.4 Å². The number of thioether (sulfide) groups is 1. The summed E-state index contributed by atoms with van der Waals surface area (Å²) in [6.45, 7) is 1.72. The summed E-state index contributed by atoms with van der Waals surface area (Å²) in [5.41, 5.74) is -0.692. The number of esters is 1. The summed E-state index contributed by atoms with van der Waals surface area (Å²) in [5.74, 6) is -0.422. The first-order valence-corrected chi connectivity index (χ1v) is 6.39. The molecule has 0 aliphatic heterocycles. The number of rotatable bonds is 6. The van der Waals surface area contributed by atoms with Gasteiger partial charge in [-0.2, -0.15) is 0 Å². The molecule has 20 heavy (non-hydrogen) atoms. The summed E-state index contributed by atoms with van der Waals surface area (Å²) in [6, 6.07) is 3.42. The van der Waals surface area contributed by atoms with E-state index in [1.165, 1.54) is 19.2 Å². The third kappa shape index (κ3) is 4.19. The van der Waals surface area contributed by atoms with Crippen molar-refractivity contribution in [2.24, 2.45) is 0 Å². The number of nitrogens with zero attached hydrogens (tertiary/aromatic N) is 2. The summed E-state index contributed by atoms with van der Waals surface area (Å²) in [5, 5.41) is 21.3. The smallest absolute Gasteiger partial charge is 0.306 e. The predicted octanol–water partition coefficient (Wildman–Crippen LogP) is 2.55. The molecule has 0 aliphatic carbocycles. The molecule has 0 radical (unpaired) electrons. The molecule has 0 aromatic heterocycles. The van der Waals surface area contributed by atoms with Crippen molar-refractivity contribution in [3.8, 4) is 0 Å². The molecule has 8 nitrogen and oxygen atoms in total. The van der Waals surface area contributed by atoms with Crippen LogP contribution in [-0.4, -0.2) is 28.2 Å². The molecule has 0 saturated heterocycles. The molecule has 0 aliphatic rings. The van der Waals surface area contributed by atoms with Crippen LogP contribution in [0, 0.1) is 20.2 Å². The standard InChI is InChI=1S/C11H12N2O6S/c1-7(5-11(14)19-2)20-10-4-3-8(12(15)16)6-9(10)13(17)18/h3-4,6-7H,5H2,1-2H3. The Labute approximate surface area is 118 Å². The highest BCUT2D eigenvalue weighted by molar-refractivity contribution is 8.00. The van der Waals surface area contributed by atoms with Crippen molar-refractivity contribution in [2.75, 3.05) is 7.11 Å². The van der Waals surface area contributed by atoms with Gasteiger partial charge in [0.2, 0.25) is 0 Å². The lowest BCUT2D eigenvalue weighted by Gasteiger charge is -2.09. The SMILES string of the molecule is COC(=O)CC(C)Sc1ccc([N+](=O)[O-])cc1[N+](=O)[O-]. The zero-order valence-electron chi connectivity index (χ0n) is 10.8. The lowest BCUT2D eigenvalue weighted by molar-refractivity contribution is -0.396. The highest BCUT2D eigenvalue weighted by atomic mass is 32.2. The van der Waals surface area contributed by atoms with Crippen LogP contribution in [-0.2, 0) is 9.53 Å². The molecular formula is C11H12N2O6S. The largest absolute Gasteiger partial charge is 0.469 e. The number of carbonyl (C=O) groups excluding carboxylic acids is 1.